The zero-order valence-electron chi connectivity index (χ0n) is 22.2. The van der Waals surface area contributed by atoms with Crippen molar-refractivity contribution in [1.29, 1.82) is 5.26 Å². The number of anilines is 3. The molecule has 2 saturated heterocycles. The quantitative estimate of drug-likeness (QED) is 0.248. The summed E-state index contributed by atoms with van der Waals surface area (Å²) in [6, 6.07) is 12.4. The Bertz CT molecular complexity index is 1510. The van der Waals surface area contributed by atoms with Crippen LogP contribution in [0, 0.1) is 24.2 Å². The number of nitrogens with zero attached hydrogens (tertiary/aromatic N) is 6. The first-order chi connectivity index (χ1) is 19.1. The van der Waals surface area contributed by atoms with Gasteiger partial charge in [-0.15, -0.1) is 0 Å². The third-order valence-corrected chi connectivity index (χ3v) is 8.35. The molecule has 0 radical (unpaired) electrons. The Kier molecular flexibility index (Phi) is 6.16. The summed E-state index contributed by atoms with van der Waals surface area (Å²) in [5, 5.41) is 32.8. The van der Waals surface area contributed by atoms with E-state index in [9.17, 15) is 0 Å². The van der Waals surface area contributed by atoms with E-state index in [1.165, 1.54) is 12.8 Å². The van der Waals surface area contributed by atoms with E-state index in [-0.39, 0.29) is 0 Å². The minimum Gasteiger partial charge on any atom is -0.351 e. The highest BCUT2D eigenvalue weighted by molar-refractivity contribution is 5.94. The van der Waals surface area contributed by atoms with Crippen molar-refractivity contribution in [2.45, 2.75) is 82.5 Å². The molecule has 10 heteroatoms. The molecule has 10 nitrogen and oxygen atoms in total. The molecule has 1 saturated carbocycles. The monoisotopic (exact) mass is 522 g/mol. The normalized spacial score (nSPS) is 24.4. The van der Waals surface area contributed by atoms with Gasteiger partial charge >= 0.3 is 0 Å². The number of nitrogens with one attached hydrogen (secondary N) is 4. The second-order valence-electron chi connectivity index (χ2n) is 11.5. The Labute approximate surface area is 227 Å². The molecule has 5 heterocycles. The van der Waals surface area contributed by atoms with Crippen LogP contribution in [0.2, 0.25) is 0 Å². The molecule has 1 unspecified atom stereocenters. The maximum atomic E-state index is 9.00. The molecule has 39 heavy (non-hydrogen) atoms. The van der Waals surface area contributed by atoms with E-state index in [2.05, 4.69) is 66.4 Å². The number of aryl methyl sites for hydroxylation is 1. The van der Waals surface area contributed by atoms with Gasteiger partial charge in [-0.25, -0.2) is 4.98 Å². The summed E-state index contributed by atoms with van der Waals surface area (Å²) in [5.41, 5.74) is 4.06. The van der Waals surface area contributed by atoms with Crippen molar-refractivity contribution < 1.29 is 0 Å². The molecule has 2 bridgehead atoms. The number of benzene rings is 1. The largest absolute Gasteiger partial charge is 0.351 e. The Balaban J connectivity index is 1.17. The first-order valence-corrected chi connectivity index (χ1v) is 14.1. The lowest BCUT2D eigenvalue weighted by atomic mass is 9.77. The molecule has 1 aliphatic carbocycles. The third kappa shape index (κ3) is 5.19. The number of nitriles is 1. The number of rotatable bonds is 8. The van der Waals surface area contributed by atoms with E-state index in [0.717, 1.165) is 71.5 Å². The van der Waals surface area contributed by atoms with Crippen LogP contribution in [0.4, 0.5) is 17.6 Å². The fourth-order valence-electron chi connectivity index (χ4n) is 6.39. The Hall–Kier alpha value is -3.97. The Morgan fingerprint density at radius 3 is 2.67 bits per heavy atom. The lowest BCUT2D eigenvalue weighted by Crippen LogP contribution is -2.54. The average molecular weight is 523 g/mol. The van der Waals surface area contributed by atoms with Crippen molar-refractivity contribution in [3.05, 3.63) is 42.4 Å². The Morgan fingerprint density at radius 1 is 1.08 bits per heavy atom. The summed E-state index contributed by atoms with van der Waals surface area (Å²) in [6.07, 6.45) is 12.5. The van der Waals surface area contributed by atoms with Gasteiger partial charge < -0.3 is 16.0 Å². The van der Waals surface area contributed by atoms with Crippen molar-refractivity contribution in [2.24, 2.45) is 5.92 Å². The molecule has 3 fully saturated rings. The molecule has 0 amide bonds. The van der Waals surface area contributed by atoms with Crippen LogP contribution < -0.4 is 16.0 Å². The van der Waals surface area contributed by atoms with Gasteiger partial charge in [0.2, 0.25) is 5.95 Å². The van der Waals surface area contributed by atoms with Gasteiger partial charge in [-0.1, -0.05) is 6.07 Å². The maximum Gasteiger partial charge on any atom is 0.225 e. The smallest absolute Gasteiger partial charge is 0.225 e. The van der Waals surface area contributed by atoms with Crippen LogP contribution >= 0.6 is 0 Å². The van der Waals surface area contributed by atoms with E-state index in [1.54, 1.807) is 0 Å². The third-order valence-electron chi connectivity index (χ3n) is 8.35. The van der Waals surface area contributed by atoms with Crippen molar-refractivity contribution in [3.63, 3.8) is 0 Å². The maximum absolute atomic E-state index is 9.00. The van der Waals surface area contributed by atoms with Gasteiger partial charge in [-0.2, -0.15) is 20.4 Å². The molecular weight excluding hydrogens is 488 g/mol. The molecule has 4 N–H and O–H groups in total. The lowest BCUT2D eigenvalue weighted by molar-refractivity contribution is 0.171. The topological polar surface area (TPSA) is 132 Å². The number of hydrogen-bond acceptors (Lipinski definition) is 8. The highest BCUT2D eigenvalue weighted by Crippen LogP contribution is 2.37. The number of aromatic nitrogens is 6. The highest BCUT2D eigenvalue weighted by atomic mass is 15.3. The lowest BCUT2D eigenvalue weighted by Gasteiger charge is -2.43. The predicted octanol–water partition coefficient (Wildman–Crippen LogP) is 5.22. The SMILES string of the molecule is Cc1cc(Nc2nc(N[C@@H]3C[C@H]4CC(CCC#N)C[C@@H](C3)N4)nc3cc(-c4cnn(C5CC5)c4)ccc23)n[nH]1. The van der Waals surface area contributed by atoms with Gasteiger partial charge in [-0.05, 0) is 75.5 Å². The standard InChI is InChI=1S/C29H34N10/c1-17-9-27(38-37-17)35-28-25-7-4-19(20-15-31-39(16-20)24-5-6-24)12-26(25)34-29(36-28)33-23-13-21-10-18(3-2-8-30)11-22(14-23)32-21/h4,7,9,12,15-16,18,21-24,32H,2-3,5-6,10-11,13-14H2,1H3,(H3,33,34,35,36,37,38)/t18?,21-,22+,23-. The number of aromatic amines is 1. The van der Waals surface area contributed by atoms with Crippen LogP contribution in [0.1, 0.15) is 63.1 Å². The van der Waals surface area contributed by atoms with Gasteiger partial charge in [0.05, 0.1) is 23.8 Å². The number of fused-ring (bicyclic) bond motifs is 3. The predicted molar refractivity (Wildman–Crippen MR) is 151 cm³/mol. The molecule has 0 spiro atoms. The van der Waals surface area contributed by atoms with Crippen LogP contribution in [0.25, 0.3) is 22.0 Å². The van der Waals surface area contributed by atoms with Gasteiger partial charge in [0, 0.05) is 53.5 Å². The van der Waals surface area contributed by atoms with Crippen molar-refractivity contribution in [2.75, 3.05) is 10.6 Å². The second kappa shape index (κ2) is 9.97. The molecule has 3 aliphatic rings. The number of H-pyrrole nitrogens is 1. The van der Waals surface area contributed by atoms with Gasteiger partial charge in [0.15, 0.2) is 5.82 Å². The van der Waals surface area contributed by atoms with Gasteiger partial charge in [-0.3, -0.25) is 9.78 Å². The number of hydrogen-bond donors (Lipinski definition) is 4. The summed E-state index contributed by atoms with van der Waals surface area (Å²) in [5.74, 6) is 2.75. The summed E-state index contributed by atoms with van der Waals surface area (Å²) in [4.78, 5) is 9.92. The van der Waals surface area contributed by atoms with Gasteiger partial charge in [0.25, 0.3) is 0 Å². The van der Waals surface area contributed by atoms with Crippen molar-refractivity contribution in [1.82, 2.24) is 35.3 Å². The summed E-state index contributed by atoms with van der Waals surface area (Å²) in [7, 11) is 0. The summed E-state index contributed by atoms with van der Waals surface area (Å²) < 4.78 is 2.08. The Morgan fingerprint density at radius 2 is 1.92 bits per heavy atom. The number of piperidine rings is 2. The highest BCUT2D eigenvalue weighted by Gasteiger charge is 2.35. The molecular formula is C29H34N10. The summed E-state index contributed by atoms with van der Waals surface area (Å²) in [6.45, 7) is 1.98. The summed E-state index contributed by atoms with van der Waals surface area (Å²) >= 11 is 0. The van der Waals surface area contributed by atoms with Crippen molar-refractivity contribution in [3.8, 4) is 17.2 Å². The van der Waals surface area contributed by atoms with Crippen LogP contribution in [0.3, 0.4) is 0 Å². The zero-order chi connectivity index (χ0) is 26.3. The van der Waals surface area contributed by atoms with Crippen molar-refractivity contribution >= 4 is 28.5 Å². The fraction of sp³-hybridized carbons (Fsp3) is 0.483. The second-order valence-corrected chi connectivity index (χ2v) is 11.5. The van der Waals surface area contributed by atoms with Gasteiger partial charge in [0.1, 0.15) is 5.82 Å². The fourth-order valence-corrected chi connectivity index (χ4v) is 6.39. The van der Waals surface area contributed by atoms with E-state index < -0.39 is 0 Å². The molecule has 1 aromatic carbocycles. The van der Waals surface area contributed by atoms with E-state index in [0.29, 0.717) is 42.5 Å². The zero-order valence-corrected chi connectivity index (χ0v) is 22.2. The minimum atomic E-state index is 0.302. The van der Waals surface area contributed by atoms with Crippen LogP contribution in [-0.4, -0.2) is 48.1 Å². The van der Waals surface area contributed by atoms with Crippen LogP contribution in [0.15, 0.2) is 36.7 Å². The molecule has 7 rings (SSSR count). The molecule has 2 aliphatic heterocycles. The minimum absolute atomic E-state index is 0.302. The molecule has 4 atom stereocenters. The first kappa shape index (κ1) is 24.1. The average Bonchev–Trinajstić information content (AvgIpc) is 3.50. The molecule has 4 aromatic rings. The van der Waals surface area contributed by atoms with E-state index in [1.807, 2.05) is 19.2 Å². The molecule has 200 valence electrons. The molecule has 3 aromatic heterocycles. The first-order valence-electron chi connectivity index (χ1n) is 14.1. The van der Waals surface area contributed by atoms with E-state index >= 15 is 0 Å². The van der Waals surface area contributed by atoms with E-state index in [4.69, 9.17) is 15.2 Å². The van der Waals surface area contributed by atoms with Crippen LogP contribution in [0.5, 0.6) is 0 Å². The van der Waals surface area contributed by atoms with Crippen LogP contribution in [-0.2, 0) is 0 Å².